The predicted molar refractivity (Wildman–Crippen MR) is 69.9 cm³/mol. The van der Waals surface area contributed by atoms with Crippen LogP contribution < -0.4 is 10.2 Å². The van der Waals surface area contributed by atoms with E-state index in [0.717, 1.165) is 0 Å². The summed E-state index contributed by atoms with van der Waals surface area (Å²) < 4.78 is 10.7. The lowest BCUT2D eigenvalue weighted by atomic mass is 10.1. The maximum atomic E-state index is 12.3. The number of rotatable bonds is 1. The maximum absolute atomic E-state index is 12.3. The molecule has 0 unspecified atom stereocenters. The molecule has 5 nitrogen and oxygen atoms in total. The van der Waals surface area contributed by atoms with E-state index in [1.165, 1.54) is 19.2 Å². The standard InChI is InChI=1S/C14H10O5/c1-18-10-4-2-3-7-11(16)8-5-6-9(15)12(17)14(8)19-13(7)10/h2-6,15,17H,1H3. The molecule has 96 valence electrons. The van der Waals surface area contributed by atoms with E-state index in [1.54, 1.807) is 18.2 Å². The number of methoxy groups -OCH3 is 1. The molecule has 0 amide bonds. The molecule has 0 spiro atoms. The van der Waals surface area contributed by atoms with E-state index in [1.807, 2.05) is 0 Å². The molecule has 3 rings (SSSR count). The Morgan fingerprint density at radius 3 is 2.53 bits per heavy atom. The molecule has 0 aliphatic heterocycles. The monoisotopic (exact) mass is 258 g/mol. The van der Waals surface area contributed by atoms with Gasteiger partial charge in [-0.1, -0.05) is 6.07 Å². The van der Waals surface area contributed by atoms with Crippen LogP contribution in [0.3, 0.4) is 0 Å². The van der Waals surface area contributed by atoms with Gasteiger partial charge in [0.25, 0.3) is 0 Å². The first kappa shape index (κ1) is 11.4. The normalized spacial score (nSPS) is 11.0. The van der Waals surface area contributed by atoms with Crippen LogP contribution in [0.5, 0.6) is 17.2 Å². The average Bonchev–Trinajstić information content (AvgIpc) is 2.43. The van der Waals surface area contributed by atoms with E-state index in [0.29, 0.717) is 11.1 Å². The second kappa shape index (κ2) is 3.91. The molecule has 1 heterocycles. The highest BCUT2D eigenvalue weighted by Crippen LogP contribution is 2.35. The highest BCUT2D eigenvalue weighted by Gasteiger charge is 2.15. The van der Waals surface area contributed by atoms with Gasteiger partial charge in [-0.25, -0.2) is 0 Å². The molecule has 5 heteroatoms. The third-order valence-electron chi connectivity index (χ3n) is 3.00. The molecule has 0 bridgehead atoms. The van der Waals surface area contributed by atoms with Crippen LogP contribution in [-0.2, 0) is 0 Å². The lowest BCUT2D eigenvalue weighted by Gasteiger charge is -2.07. The second-order valence-corrected chi connectivity index (χ2v) is 4.08. The van der Waals surface area contributed by atoms with E-state index in [-0.39, 0.29) is 27.7 Å². The van der Waals surface area contributed by atoms with Gasteiger partial charge in [0.05, 0.1) is 17.9 Å². The van der Waals surface area contributed by atoms with Crippen molar-refractivity contribution < 1.29 is 19.4 Å². The molecule has 3 aromatic rings. The number of phenols is 2. The van der Waals surface area contributed by atoms with E-state index in [9.17, 15) is 15.0 Å². The first-order valence-electron chi connectivity index (χ1n) is 5.58. The van der Waals surface area contributed by atoms with Crippen LogP contribution in [0, 0.1) is 0 Å². The van der Waals surface area contributed by atoms with Crippen molar-refractivity contribution in [1.82, 2.24) is 0 Å². The van der Waals surface area contributed by atoms with Gasteiger partial charge in [0, 0.05) is 0 Å². The Hall–Kier alpha value is -2.69. The fraction of sp³-hybridized carbons (Fsp3) is 0.0714. The zero-order valence-corrected chi connectivity index (χ0v) is 10.0. The highest BCUT2D eigenvalue weighted by molar-refractivity contribution is 5.95. The first-order chi connectivity index (χ1) is 9.13. The van der Waals surface area contributed by atoms with E-state index >= 15 is 0 Å². The van der Waals surface area contributed by atoms with E-state index in [2.05, 4.69) is 0 Å². The van der Waals surface area contributed by atoms with Crippen molar-refractivity contribution in [2.75, 3.05) is 7.11 Å². The Bertz CT molecular complexity index is 848. The van der Waals surface area contributed by atoms with Crippen molar-refractivity contribution in [3.63, 3.8) is 0 Å². The van der Waals surface area contributed by atoms with Gasteiger partial charge in [-0.3, -0.25) is 4.79 Å². The number of fused-ring (bicyclic) bond motifs is 2. The number of benzene rings is 2. The summed E-state index contributed by atoms with van der Waals surface area (Å²) in [5.74, 6) is -0.411. The minimum Gasteiger partial charge on any atom is -0.504 e. The smallest absolute Gasteiger partial charge is 0.201 e. The summed E-state index contributed by atoms with van der Waals surface area (Å²) in [6, 6.07) is 7.61. The van der Waals surface area contributed by atoms with Gasteiger partial charge in [0.2, 0.25) is 11.2 Å². The summed E-state index contributed by atoms with van der Waals surface area (Å²) in [5, 5.41) is 19.8. The van der Waals surface area contributed by atoms with Gasteiger partial charge in [-0.2, -0.15) is 0 Å². The third-order valence-corrected chi connectivity index (χ3v) is 3.00. The van der Waals surface area contributed by atoms with E-state index in [4.69, 9.17) is 9.15 Å². The number of hydrogen-bond donors (Lipinski definition) is 2. The van der Waals surface area contributed by atoms with Crippen LogP contribution >= 0.6 is 0 Å². The van der Waals surface area contributed by atoms with Crippen LogP contribution in [0.1, 0.15) is 0 Å². The molecule has 0 fully saturated rings. The maximum Gasteiger partial charge on any atom is 0.201 e. The molecule has 0 saturated heterocycles. The molecular weight excluding hydrogens is 248 g/mol. The summed E-state index contributed by atoms with van der Waals surface area (Å²) in [6.45, 7) is 0. The molecule has 0 radical (unpaired) electrons. The summed E-state index contributed by atoms with van der Waals surface area (Å²) >= 11 is 0. The van der Waals surface area contributed by atoms with Crippen molar-refractivity contribution in [2.45, 2.75) is 0 Å². The lowest BCUT2D eigenvalue weighted by Crippen LogP contribution is -2.02. The van der Waals surface area contributed by atoms with Crippen molar-refractivity contribution in [1.29, 1.82) is 0 Å². The van der Waals surface area contributed by atoms with Crippen molar-refractivity contribution >= 4 is 21.9 Å². The summed E-state index contributed by atoms with van der Waals surface area (Å²) in [6.07, 6.45) is 0. The lowest BCUT2D eigenvalue weighted by molar-refractivity contribution is 0.397. The molecule has 19 heavy (non-hydrogen) atoms. The Morgan fingerprint density at radius 1 is 1.05 bits per heavy atom. The summed E-state index contributed by atoms with van der Waals surface area (Å²) in [4.78, 5) is 12.3. The Balaban J connectivity index is 2.61. The van der Waals surface area contributed by atoms with Gasteiger partial charge in [0.15, 0.2) is 22.7 Å². The molecule has 0 saturated carbocycles. The van der Waals surface area contributed by atoms with Crippen molar-refractivity contribution in [2.24, 2.45) is 0 Å². The minimum absolute atomic E-state index is 0.0537. The Labute approximate surface area is 107 Å². The number of ether oxygens (including phenoxy) is 1. The number of phenolic OH excluding ortho intramolecular Hbond substituents is 2. The van der Waals surface area contributed by atoms with Gasteiger partial charge in [-0.05, 0) is 24.3 Å². The molecule has 0 aliphatic carbocycles. The SMILES string of the molecule is COc1cccc2c(=O)c3ccc(O)c(O)c3oc12. The Morgan fingerprint density at radius 2 is 1.79 bits per heavy atom. The van der Waals surface area contributed by atoms with Crippen LogP contribution in [0.2, 0.25) is 0 Å². The number of para-hydroxylation sites is 1. The highest BCUT2D eigenvalue weighted by atomic mass is 16.5. The quantitative estimate of drug-likeness (QED) is 0.517. The second-order valence-electron chi connectivity index (χ2n) is 4.08. The van der Waals surface area contributed by atoms with Gasteiger partial charge < -0.3 is 19.4 Å². The largest absolute Gasteiger partial charge is 0.504 e. The van der Waals surface area contributed by atoms with Crippen LogP contribution in [0.25, 0.3) is 21.9 Å². The van der Waals surface area contributed by atoms with Gasteiger partial charge in [-0.15, -0.1) is 0 Å². The van der Waals surface area contributed by atoms with E-state index < -0.39 is 5.75 Å². The molecule has 2 aromatic carbocycles. The molecular formula is C14H10O5. The predicted octanol–water partition coefficient (Wildman–Crippen LogP) is 2.37. The summed E-state index contributed by atoms with van der Waals surface area (Å²) in [7, 11) is 1.46. The van der Waals surface area contributed by atoms with Gasteiger partial charge in [0.1, 0.15) is 0 Å². The number of hydrogen-bond acceptors (Lipinski definition) is 5. The minimum atomic E-state index is -0.456. The Kier molecular flexibility index (Phi) is 2.35. The fourth-order valence-corrected chi connectivity index (χ4v) is 2.05. The van der Waals surface area contributed by atoms with Crippen LogP contribution in [0.15, 0.2) is 39.5 Å². The van der Waals surface area contributed by atoms with Crippen LogP contribution in [0.4, 0.5) is 0 Å². The zero-order chi connectivity index (χ0) is 13.6. The first-order valence-corrected chi connectivity index (χ1v) is 5.58. The van der Waals surface area contributed by atoms with Gasteiger partial charge >= 0.3 is 0 Å². The molecule has 1 aromatic heterocycles. The van der Waals surface area contributed by atoms with Crippen molar-refractivity contribution in [3.8, 4) is 17.2 Å². The van der Waals surface area contributed by atoms with Crippen LogP contribution in [-0.4, -0.2) is 17.3 Å². The topological polar surface area (TPSA) is 79.9 Å². The third kappa shape index (κ3) is 1.52. The molecule has 0 aliphatic rings. The molecule has 0 atom stereocenters. The zero-order valence-electron chi connectivity index (χ0n) is 10.0. The fourth-order valence-electron chi connectivity index (χ4n) is 2.05. The average molecular weight is 258 g/mol. The number of aromatic hydroxyl groups is 2. The summed E-state index contributed by atoms with van der Waals surface area (Å²) in [5.41, 5.74) is -0.101. The van der Waals surface area contributed by atoms with Crippen molar-refractivity contribution in [3.05, 3.63) is 40.6 Å². The molecule has 2 N–H and O–H groups in total.